The molecule has 58 valence electrons. The van der Waals surface area contributed by atoms with Crippen molar-refractivity contribution in [2.75, 3.05) is 0 Å². The zero-order valence-corrected chi connectivity index (χ0v) is 9.06. The molecule has 0 aliphatic rings. The number of halogens is 2. The second-order valence-corrected chi connectivity index (χ2v) is 4.21. The van der Waals surface area contributed by atoms with Crippen LogP contribution in [0.15, 0.2) is 33.9 Å². The van der Waals surface area contributed by atoms with Gasteiger partial charge in [0.2, 0.25) is 0 Å². The summed E-state index contributed by atoms with van der Waals surface area (Å²) in [7, 11) is 0. The molecule has 0 heterocycles. The summed E-state index contributed by atoms with van der Waals surface area (Å²) in [6.45, 7) is 2.00. The van der Waals surface area contributed by atoms with Crippen LogP contribution in [0.2, 0.25) is 0 Å². The molecule has 2 heteroatoms. The highest BCUT2D eigenvalue weighted by Gasteiger charge is 1.97. The van der Waals surface area contributed by atoms with Gasteiger partial charge in [-0.3, -0.25) is 0 Å². The Labute approximate surface area is 85.4 Å². The largest absolute Gasteiger partial charge is 0.0829 e. The first-order valence-corrected chi connectivity index (χ1v) is 4.75. The molecule has 0 aromatic heterocycles. The minimum Gasteiger partial charge on any atom is -0.0829 e. The molecule has 0 N–H and O–H groups in total. The van der Waals surface area contributed by atoms with E-state index in [2.05, 4.69) is 22.6 Å². The van der Waals surface area contributed by atoms with E-state index in [4.69, 9.17) is 11.6 Å². The Kier molecular flexibility index (Phi) is 3.40. The normalized spacial score (nSPS) is 12.6. The predicted octanol–water partition coefficient (Wildman–Crippen LogP) is 4.05. The van der Waals surface area contributed by atoms with E-state index in [1.54, 1.807) is 0 Å². The Hall–Kier alpha value is -0.0200. The Morgan fingerprint density at radius 1 is 1.27 bits per heavy atom. The maximum absolute atomic E-state index is 6.01. The van der Waals surface area contributed by atoms with Crippen LogP contribution in [0.3, 0.4) is 0 Å². The molecular formula is C9H8ClI. The van der Waals surface area contributed by atoms with Crippen molar-refractivity contribution in [1.82, 2.24) is 0 Å². The Morgan fingerprint density at radius 2 is 1.82 bits per heavy atom. The van der Waals surface area contributed by atoms with Crippen LogP contribution in [0.4, 0.5) is 0 Å². The zero-order chi connectivity index (χ0) is 8.27. The fraction of sp³-hybridized carbons (Fsp3) is 0.111. The summed E-state index contributed by atoms with van der Waals surface area (Å²) in [4.78, 5) is 0. The molecule has 0 radical (unpaired) electrons. The van der Waals surface area contributed by atoms with Gasteiger partial charge in [0, 0.05) is 3.58 Å². The number of hydrogen-bond donors (Lipinski definition) is 0. The first-order chi connectivity index (χ1) is 5.22. The molecular weight excluding hydrogens is 270 g/mol. The van der Waals surface area contributed by atoms with Crippen molar-refractivity contribution in [3.8, 4) is 0 Å². The van der Waals surface area contributed by atoms with E-state index in [1.807, 2.05) is 37.3 Å². The highest BCUT2D eigenvalue weighted by atomic mass is 127. The van der Waals surface area contributed by atoms with Crippen molar-refractivity contribution in [3.63, 3.8) is 0 Å². The van der Waals surface area contributed by atoms with Gasteiger partial charge < -0.3 is 0 Å². The van der Waals surface area contributed by atoms with Gasteiger partial charge in [-0.05, 0) is 35.1 Å². The second-order valence-electron chi connectivity index (χ2n) is 2.21. The summed E-state index contributed by atoms with van der Waals surface area (Å²) in [6.07, 6.45) is 0. The molecule has 0 atom stereocenters. The van der Waals surface area contributed by atoms with E-state index in [9.17, 15) is 0 Å². The predicted molar refractivity (Wildman–Crippen MR) is 58.9 cm³/mol. The summed E-state index contributed by atoms with van der Waals surface area (Å²) in [5.41, 5.74) is 1.08. The fourth-order valence-electron chi connectivity index (χ4n) is 0.783. The average molecular weight is 279 g/mol. The van der Waals surface area contributed by atoms with Gasteiger partial charge in [-0.15, -0.1) is 0 Å². The molecule has 1 aromatic carbocycles. The third kappa shape index (κ3) is 2.49. The molecule has 1 rings (SSSR count). The Morgan fingerprint density at radius 3 is 2.27 bits per heavy atom. The van der Waals surface area contributed by atoms with Crippen LogP contribution in [-0.4, -0.2) is 0 Å². The zero-order valence-electron chi connectivity index (χ0n) is 6.14. The van der Waals surface area contributed by atoms with Crippen molar-refractivity contribution < 1.29 is 0 Å². The first-order valence-electron chi connectivity index (χ1n) is 3.29. The van der Waals surface area contributed by atoms with E-state index >= 15 is 0 Å². The van der Waals surface area contributed by atoms with Gasteiger partial charge >= 0.3 is 0 Å². The van der Waals surface area contributed by atoms with Gasteiger partial charge in [-0.2, -0.15) is 0 Å². The molecule has 0 saturated heterocycles. The molecule has 1 aromatic rings. The lowest BCUT2D eigenvalue weighted by Gasteiger charge is -1.98. The van der Waals surface area contributed by atoms with Gasteiger partial charge in [0.05, 0.1) is 5.03 Å². The van der Waals surface area contributed by atoms with Crippen molar-refractivity contribution in [3.05, 3.63) is 39.5 Å². The standard InChI is InChI=1S/C9H8ClI/c1-7(11)9(10)8-5-3-2-4-6-8/h2-6H,1H3/b9-7+. The van der Waals surface area contributed by atoms with Crippen LogP contribution < -0.4 is 0 Å². The van der Waals surface area contributed by atoms with Crippen molar-refractivity contribution >= 4 is 39.2 Å². The van der Waals surface area contributed by atoms with Crippen LogP contribution in [0.5, 0.6) is 0 Å². The summed E-state index contributed by atoms with van der Waals surface area (Å²) in [5.74, 6) is 0. The fourth-order valence-corrected chi connectivity index (χ4v) is 1.22. The molecule has 0 aliphatic carbocycles. The lowest BCUT2D eigenvalue weighted by Crippen LogP contribution is -1.75. The first kappa shape index (κ1) is 9.07. The summed E-state index contributed by atoms with van der Waals surface area (Å²) < 4.78 is 1.12. The smallest absolute Gasteiger partial charge is 0.0568 e. The van der Waals surface area contributed by atoms with Crippen molar-refractivity contribution in [2.24, 2.45) is 0 Å². The molecule has 0 saturated carbocycles. The van der Waals surface area contributed by atoms with E-state index in [1.165, 1.54) is 0 Å². The van der Waals surface area contributed by atoms with Crippen molar-refractivity contribution in [1.29, 1.82) is 0 Å². The molecule has 0 nitrogen and oxygen atoms in total. The van der Waals surface area contributed by atoms with E-state index < -0.39 is 0 Å². The highest BCUT2D eigenvalue weighted by molar-refractivity contribution is 14.1. The van der Waals surface area contributed by atoms with Crippen LogP contribution in [0.25, 0.3) is 5.03 Å². The van der Waals surface area contributed by atoms with E-state index in [0.717, 1.165) is 14.2 Å². The van der Waals surface area contributed by atoms with E-state index in [0.29, 0.717) is 0 Å². The number of benzene rings is 1. The maximum atomic E-state index is 6.01. The molecule has 0 aliphatic heterocycles. The molecule has 0 unspecified atom stereocenters. The summed E-state index contributed by atoms with van der Waals surface area (Å²) >= 11 is 8.23. The molecule has 0 spiro atoms. The van der Waals surface area contributed by atoms with Gasteiger partial charge in [0.1, 0.15) is 0 Å². The molecule has 0 fully saturated rings. The summed E-state index contributed by atoms with van der Waals surface area (Å²) in [6, 6.07) is 9.96. The SMILES string of the molecule is C/C(I)=C(\Cl)c1ccccc1. The maximum Gasteiger partial charge on any atom is 0.0568 e. The minimum absolute atomic E-state index is 0.839. The molecule has 11 heavy (non-hydrogen) atoms. The van der Waals surface area contributed by atoms with Gasteiger partial charge in [-0.1, -0.05) is 41.9 Å². The average Bonchev–Trinajstić information content (AvgIpc) is 2.05. The summed E-state index contributed by atoms with van der Waals surface area (Å²) in [5, 5.41) is 0.839. The van der Waals surface area contributed by atoms with Gasteiger partial charge in [0.25, 0.3) is 0 Å². The van der Waals surface area contributed by atoms with E-state index in [-0.39, 0.29) is 0 Å². The topological polar surface area (TPSA) is 0 Å². The van der Waals surface area contributed by atoms with Crippen LogP contribution >= 0.6 is 34.2 Å². The molecule has 0 bridgehead atoms. The number of rotatable bonds is 1. The highest BCUT2D eigenvalue weighted by Crippen LogP contribution is 2.25. The second kappa shape index (κ2) is 4.12. The Balaban J connectivity index is 3.04. The van der Waals surface area contributed by atoms with Gasteiger partial charge in [0.15, 0.2) is 0 Å². The molecule has 0 amide bonds. The number of allylic oxidation sites excluding steroid dienone is 1. The van der Waals surface area contributed by atoms with Crippen LogP contribution in [0, 0.1) is 0 Å². The van der Waals surface area contributed by atoms with Gasteiger partial charge in [-0.25, -0.2) is 0 Å². The van der Waals surface area contributed by atoms with Crippen molar-refractivity contribution in [2.45, 2.75) is 6.92 Å². The number of hydrogen-bond acceptors (Lipinski definition) is 0. The lowest BCUT2D eigenvalue weighted by atomic mass is 10.2. The Bertz CT molecular complexity index is 260. The third-order valence-corrected chi connectivity index (χ3v) is 2.69. The third-order valence-electron chi connectivity index (χ3n) is 1.33. The lowest BCUT2D eigenvalue weighted by molar-refractivity contribution is 1.62. The monoisotopic (exact) mass is 278 g/mol. The van der Waals surface area contributed by atoms with Crippen LogP contribution in [-0.2, 0) is 0 Å². The minimum atomic E-state index is 0.839. The van der Waals surface area contributed by atoms with Crippen LogP contribution in [0.1, 0.15) is 12.5 Å². The quantitative estimate of drug-likeness (QED) is 0.680.